The molecule has 8 nitrogen and oxygen atoms in total. The van der Waals surface area contributed by atoms with Crippen LogP contribution in [0, 0.1) is 0 Å². The summed E-state index contributed by atoms with van der Waals surface area (Å²) in [5.41, 5.74) is 0. The van der Waals surface area contributed by atoms with Crippen molar-refractivity contribution in [1.82, 2.24) is 5.32 Å². The van der Waals surface area contributed by atoms with E-state index in [1.165, 1.54) is 199 Å². The van der Waals surface area contributed by atoms with Crippen LogP contribution in [0.15, 0.2) is 24.3 Å². The van der Waals surface area contributed by atoms with Gasteiger partial charge >= 0.3 is 7.82 Å². The number of nitrogens with one attached hydrogen (secondary N) is 1. The second-order valence-corrected chi connectivity index (χ2v) is 21.1. The summed E-state index contributed by atoms with van der Waals surface area (Å²) in [5.74, 6) is -0.176. The lowest BCUT2D eigenvalue weighted by molar-refractivity contribution is -0.870. The van der Waals surface area contributed by atoms with Gasteiger partial charge in [0.25, 0.3) is 0 Å². The van der Waals surface area contributed by atoms with E-state index in [4.69, 9.17) is 9.05 Å². The summed E-state index contributed by atoms with van der Waals surface area (Å²) >= 11 is 0. The van der Waals surface area contributed by atoms with Crippen molar-refractivity contribution < 1.29 is 32.9 Å². The highest BCUT2D eigenvalue weighted by atomic mass is 31.2. The highest BCUT2D eigenvalue weighted by Crippen LogP contribution is 2.43. The maximum atomic E-state index is 12.9. The lowest BCUT2D eigenvalue weighted by Gasteiger charge is -2.25. The molecule has 62 heavy (non-hydrogen) atoms. The molecule has 0 aliphatic rings. The van der Waals surface area contributed by atoms with Gasteiger partial charge in [0.05, 0.1) is 39.9 Å². The Hall–Kier alpha value is -1.02. The van der Waals surface area contributed by atoms with E-state index in [-0.39, 0.29) is 19.1 Å². The Morgan fingerprint density at radius 2 is 0.871 bits per heavy atom. The predicted octanol–water partition coefficient (Wildman–Crippen LogP) is 15.6. The van der Waals surface area contributed by atoms with Crippen molar-refractivity contribution in [2.75, 3.05) is 40.9 Å². The Labute approximate surface area is 385 Å². The van der Waals surface area contributed by atoms with Gasteiger partial charge in [-0.25, -0.2) is 4.57 Å². The molecule has 0 radical (unpaired) electrons. The maximum absolute atomic E-state index is 12.9. The van der Waals surface area contributed by atoms with Crippen LogP contribution in [0.5, 0.6) is 0 Å². The molecular weight excluding hydrogens is 792 g/mol. The van der Waals surface area contributed by atoms with E-state index < -0.39 is 20.0 Å². The molecule has 0 aromatic rings. The second kappa shape index (κ2) is 45.1. The van der Waals surface area contributed by atoms with Gasteiger partial charge in [-0.05, 0) is 44.9 Å². The van der Waals surface area contributed by atoms with Crippen LogP contribution in [0.1, 0.15) is 258 Å². The van der Waals surface area contributed by atoms with Crippen molar-refractivity contribution in [2.45, 2.75) is 270 Å². The number of hydrogen-bond acceptors (Lipinski definition) is 5. The number of aliphatic hydroxyl groups excluding tert-OH is 1. The van der Waals surface area contributed by atoms with E-state index in [2.05, 4.69) is 31.3 Å². The van der Waals surface area contributed by atoms with Crippen LogP contribution in [-0.2, 0) is 18.4 Å². The number of phosphoric acid groups is 1. The van der Waals surface area contributed by atoms with Gasteiger partial charge < -0.3 is 19.8 Å². The smallest absolute Gasteiger partial charge is 0.387 e. The number of allylic oxidation sites excluding steroid dienone is 3. The lowest BCUT2D eigenvalue weighted by Crippen LogP contribution is -2.45. The maximum Gasteiger partial charge on any atom is 0.472 e. The topological polar surface area (TPSA) is 105 Å². The van der Waals surface area contributed by atoms with Gasteiger partial charge in [-0.15, -0.1) is 0 Å². The van der Waals surface area contributed by atoms with E-state index in [9.17, 15) is 19.4 Å². The first-order chi connectivity index (χ1) is 30.0. The highest BCUT2D eigenvalue weighted by molar-refractivity contribution is 7.47. The molecule has 0 saturated heterocycles. The van der Waals surface area contributed by atoms with Crippen molar-refractivity contribution in [3.8, 4) is 0 Å². The molecule has 0 saturated carbocycles. The second-order valence-electron chi connectivity index (χ2n) is 19.6. The van der Waals surface area contributed by atoms with Crippen molar-refractivity contribution in [3.05, 3.63) is 24.3 Å². The number of unbranched alkanes of at least 4 members (excludes halogenated alkanes) is 34. The zero-order valence-electron chi connectivity index (χ0n) is 41.9. The Balaban J connectivity index is 4.27. The number of nitrogens with zero attached hydrogens (tertiary/aromatic N) is 1. The zero-order chi connectivity index (χ0) is 45.7. The van der Waals surface area contributed by atoms with Gasteiger partial charge in [-0.2, -0.15) is 0 Å². The minimum absolute atomic E-state index is 0.0627. The average molecular weight is 898 g/mol. The zero-order valence-corrected chi connectivity index (χ0v) is 42.8. The Morgan fingerprint density at radius 3 is 1.24 bits per heavy atom. The average Bonchev–Trinajstić information content (AvgIpc) is 3.23. The molecule has 3 unspecified atom stereocenters. The van der Waals surface area contributed by atoms with Crippen LogP contribution in [0.25, 0.3) is 0 Å². The van der Waals surface area contributed by atoms with E-state index in [1.54, 1.807) is 6.08 Å². The van der Waals surface area contributed by atoms with Gasteiger partial charge in [0.2, 0.25) is 5.91 Å². The van der Waals surface area contributed by atoms with Gasteiger partial charge in [-0.3, -0.25) is 13.8 Å². The summed E-state index contributed by atoms with van der Waals surface area (Å²) < 4.78 is 23.7. The van der Waals surface area contributed by atoms with Crippen LogP contribution in [0.3, 0.4) is 0 Å². The minimum Gasteiger partial charge on any atom is -0.387 e. The number of amides is 1. The predicted molar refractivity (Wildman–Crippen MR) is 268 cm³/mol. The molecule has 3 N–H and O–H groups in total. The van der Waals surface area contributed by atoms with E-state index in [0.717, 1.165) is 38.5 Å². The van der Waals surface area contributed by atoms with Gasteiger partial charge in [-0.1, -0.05) is 231 Å². The summed E-state index contributed by atoms with van der Waals surface area (Å²) in [7, 11) is 1.58. The number of carbonyl (C=O) groups excluding carboxylic acids is 1. The highest BCUT2D eigenvalue weighted by Gasteiger charge is 2.27. The molecule has 0 aliphatic heterocycles. The first kappa shape index (κ1) is 61.0. The summed E-state index contributed by atoms with van der Waals surface area (Å²) in [4.78, 5) is 23.2. The Kier molecular flexibility index (Phi) is 44.4. The molecule has 0 aromatic carbocycles. The number of quaternary nitrogens is 1. The van der Waals surface area contributed by atoms with Crippen molar-refractivity contribution >= 4 is 13.7 Å². The Bertz CT molecular complexity index is 1060. The largest absolute Gasteiger partial charge is 0.472 e. The summed E-state index contributed by atoms with van der Waals surface area (Å²) in [6, 6.07) is -0.845. The number of phosphoric ester groups is 1. The van der Waals surface area contributed by atoms with Crippen molar-refractivity contribution in [3.63, 3.8) is 0 Å². The van der Waals surface area contributed by atoms with E-state index >= 15 is 0 Å². The number of carbonyl (C=O) groups is 1. The SMILES string of the molecule is CCCCCCCCCC/C=C\CCCCCCCCCCCC(=O)NC(COP(=O)(O)OCC[N+](C)(C)C)C(O)/C=C/CCCCCCCCCCCCCCCCCCC. The summed E-state index contributed by atoms with van der Waals surface area (Å²) in [6.45, 7) is 4.84. The normalized spacial score (nSPS) is 14.2. The molecule has 368 valence electrons. The number of hydrogen-bond donors (Lipinski definition) is 3. The molecule has 3 atom stereocenters. The molecule has 0 spiro atoms. The van der Waals surface area contributed by atoms with Gasteiger partial charge in [0.15, 0.2) is 0 Å². The van der Waals surface area contributed by atoms with Crippen LogP contribution in [0.2, 0.25) is 0 Å². The third kappa shape index (κ3) is 47.0. The molecule has 0 bridgehead atoms. The van der Waals surface area contributed by atoms with Crippen molar-refractivity contribution in [1.29, 1.82) is 0 Å². The molecule has 9 heteroatoms. The Morgan fingerprint density at radius 1 is 0.532 bits per heavy atom. The van der Waals surface area contributed by atoms with Crippen LogP contribution < -0.4 is 5.32 Å². The van der Waals surface area contributed by atoms with Gasteiger partial charge in [0.1, 0.15) is 13.2 Å². The fourth-order valence-electron chi connectivity index (χ4n) is 7.92. The first-order valence-electron chi connectivity index (χ1n) is 26.7. The number of aliphatic hydroxyl groups is 1. The van der Waals surface area contributed by atoms with Crippen LogP contribution in [-0.4, -0.2) is 73.4 Å². The van der Waals surface area contributed by atoms with Crippen LogP contribution >= 0.6 is 7.82 Å². The molecule has 0 aliphatic carbocycles. The molecule has 0 fully saturated rings. The van der Waals surface area contributed by atoms with Crippen molar-refractivity contribution in [2.24, 2.45) is 0 Å². The molecule has 1 amide bonds. The van der Waals surface area contributed by atoms with Crippen LogP contribution in [0.4, 0.5) is 0 Å². The summed E-state index contributed by atoms with van der Waals surface area (Å²) in [6.07, 6.45) is 55.4. The monoisotopic (exact) mass is 898 g/mol. The number of rotatable bonds is 49. The number of likely N-dealkylation sites (N-methyl/N-ethyl adjacent to an activating group) is 1. The lowest BCUT2D eigenvalue weighted by atomic mass is 10.0. The fourth-order valence-corrected chi connectivity index (χ4v) is 8.66. The van der Waals surface area contributed by atoms with E-state index in [1.807, 2.05) is 27.2 Å². The molecule has 0 heterocycles. The molecule has 0 aromatic heterocycles. The van der Waals surface area contributed by atoms with Gasteiger partial charge in [0, 0.05) is 6.42 Å². The first-order valence-corrected chi connectivity index (χ1v) is 28.2. The molecular formula is C53H106N2O6P+. The molecule has 0 rings (SSSR count). The van der Waals surface area contributed by atoms with E-state index in [0.29, 0.717) is 17.4 Å². The third-order valence-corrected chi connectivity index (χ3v) is 13.1. The quantitative estimate of drug-likeness (QED) is 0.0243. The standard InChI is InChI=1S/C53H105N2O6P/c1-6-8-10-12-14-16-18-20-22-24-26-27-29-31-33-35-37-39-41-43-45-47-53(57)54-51(50-61-62(58,59)60-49-48-55(3,4)5)52(56)46-44-42-40-38-36-34-32-30-28-25-23-21-19-17-15-13-11-9-7-2/h24,26,44,46,51-52,56H,6-23,25,27-43,45,47-50H2,1-5H3,(H-,54,57,58,59)/p+1/b26-24-,46-44+. The third-order valence-electron chi connectivity index (χ3n) is 12.2. The fraction of sp³-hybridized carbons (Fsp3) is 0.906. The minimum atomic E-state index is -4.34. The summed E-state index contributed by atoms with van der Waals surface area (Å²) in [5, 5.41) is 13.9.